The van der Waals surface area contributed by atoms with E-state index in [4.69, 9.17) is 14.5 Å². The first-order valence-corrected chi connectivity index (χ1v) is 9.13. The van der Waals surface area contributed by atoms with Crippen LogP contribution in [0.25, 0.3) is 21.7 Å². The molecule has 1 aromatic carbocycles. The quantitative estimate of drug-likeness (QED) is 0.621. The predicted octanol–water partition coefficient (Wildman–Crippen LogP) is 2.87. The molecule has 7 nitrogen and oxygen atoms in total. The number of rotatable bonds is 0. The molecule has 1 N–H and O–H groups in total. The van der Waals surface area contributed by atoms with Crippen molar-refractivity contribution in [2.75, 3.05) is 13.7 Å². The van der Waals surface area contributed by atoms with Gasteiger partial charge in [-0.1, -0.05) is 18.2 Å². The fourth-order valence-corrected chi connectivity index (χ4v) is 5.26. The van der Waals surface area contributed by atoms with Crippen LogP contribution in [0.15, 0.2) is 30.5 Å². The smallest absolute Gasteiger partial charge is 0.410 e. The third-order valence-electron chi connectivity index (χ3n) is 6.29. The van der Waals surface area contributed by atoms with Crippen molar-refractivity contribution in [3.8, 4) is 0 Å². The van der Waals surface area contributed by atoms with E-state index in [1.807, 2.05) is 30.5 Å². The Morgan fingerprint density at radius 1 is 1.33 bits per heavy atom. The highest BCUT2D eigenvalue weighted by atomic mass is 16.6. The van der Waals surface area contributed by atoms with E-state index in [0.29, 0.717) is 13.0 Å². The van der Waals surface area contributed by atoms with Gasteiger partial charge in [-0.2, -0.15) is 0 Å². The number of carbonyl (C=O) groups excluding carboxylic acids is 2. The van der Waals surface area contributed by atoms with Gasteiger partial charge in [-0.05, 0) is 6.07 Å². The molecule has 2 fully saturated rings. The summed E-state index contributed by atoms with van der Waals surface area (Å²) in [5, 5.41) is 2.99. The lowest BCUT2D eigenvalue weighted by Gasteiger charge is -2.43. The summed E-state index contributed by atoms with van der Waals surface area (Å²) in [5.74, 6) is -0.766. The number of H-pyrrole nitrogens is 1. The third kappa shape index (κ3) is 1.74. The summed E-state index contributed by atoms with van der Waals surface area (Å²) in [4.78, 5) is 35.2. The molecule has 2 saturated heterocycles. The summed E-state index contributed by atoms with van der Waals surface area (Å²) >= 11 is 0. The summed E-state index contributed by atoms with van der Waals surface area (Å²) < 4.78 is 10.7. The monoisotopic (exact) mass is 363 g/mol. The van der Waals surface area contributed by atoms with Gasteiger partial charge in [-0.25, -0.2) is 9.78 Å². The highest BCUT2D eigenvalue weighted by Gasteiger charge is 2.58. The second-order valence-electron chi connectivity index (χ2n) is 7.43. The number of likely N-dealkylation sites (tertiary alicyclic amines) is 1. The molecule has 2 aromatic heterocycles. The number of hydrogen-bond acceptors (Lipinski definition) is 5. The van der Waals surface area contributed by atoms with Crippen molar-refractivity contribution in [2.24, 2.45) is 5.92 Å². The van der Waals surface area contributed by atoms with Crippen LogP contribution in [0.4, 0.5) is 4.79 Å². The van der Waals surface area contributed by atoms with Crippen LogP contribution in [-0.2, 0) is 14.3 Å². The SMILES string of the molecule is COC(=O)N1CC[C@@H]2OC(=O)[C@@H]3c4[nH]cc5c4c(nc4ccccc45)[C@H]1[C@H]23. The average Bonchev–Trinajstić information content (AvgIpc) is 3.27. The maximum atomic E-state index is 12.7. The summed E-state index contributed by atoms with van der Waals surface area (Å²) in [7, 11) is 1.39. The largest absolute Gasteiger partial charge is 0.461 e. The van der Waals surface area contributed by atoms with Gasteiger partial charge in [0.05, 0.1) is 24.4 Å². The van der Waals surface area contributed by atoms with Gasteiger partial charge in [0.2, 0.25) is 0 Å². The van der Waals surface area contributed by atoms with Crippen LogP contribution < -0.4 is 0 Å². The molecule has 1 aliphatic carbocycles. The number of methoxy groups -OCH3 is 1. The number of nitrogens with zero attached hydrogens (tertiary/aromatic N) is 2. The highest BCUT2D eigenvalue weighted by Crippen LogP contribution is 2.55. The predicted molar refractivity (Wildman–Crippen MR) is 96.2 cm³/mol. The Balaban J connectivity index is 1.71. The number of aromatic nitrogens is 2. The zero-order valence-electron chi connectivity index (χ0n) is 14.6. The lowest BCUT2D eigenvalue weighted by Crippen LogP contribution is -2.49. The first-order valence-electron chi connectivity index (χ1n) is 9.13. The van der Waals surface area contributed by atoms with Crippen molar-refractivity contribution in [3.05, 3.63) is 41.9 Å². The van der Waals surface area contributed by atoms with E-state index in [9.17, 15) is 9.59 Å². The van der Waals surface area contributed by atoms with E-state index >= 15 is 0 Å². The molecule has 3 aliphatic rings. The van der Waals surface area contributed by atoms with Gasteiger partial charge in [0.15, 0.2) is 0 Å². The summed E-state index contributed by atoms with van der Waals surface area (Å²) in [5.41, 5.74) is 2.56. The van der Waals surface area contributed by atoms with Crippen LogP contribution in [-0.4, -0.2) is 46.7 Å². The summed E-state index contributed by atoms with van der Waals surface area (Å²) in [6.07, 6.45) is 1.97. The van der Waals surface area contributed by atoms with E-state index in [2.05, 4.69) is 4.98 Å². The molecule has 0 radical (unpaired) electrons. The normalized spacial score (nSPS) is 28.3. The minimum atomic E-state index is -0.402. The first kappa shape index (κ1) is 15.0. The molecule has 136 valence electrons. The molecule has 0 spiro atoms. The number of benzene rings is 1. The number of carbonyl (C=O) groups is 2. The lowest BCUT2D eigenvalue weighted by atomic mass is 9.71. The number of ether oxygens (including phenoxy) is 2. The van der Waals surface area contributed by atoms with Gasteiger partial charge >= 0.3 is 12.1 Å². The molecular formula is C20H17N3O4. The second kappa shape index (κ2) is 5.00. The van der Waals surface area contributed by atoms with E-state index in [-0.39, 0.29) is 24.0 Å². The van der Waals surface area contributed by atoms with E-state index in [1.165, 1.54) is 7.11 Å². The van der Waals surface area contributed by atoms with Crippen LogP contribution in [0.1, 0.15) is 29.8 Å². The fraction of sp³-hybridized carbons (Fsp3) is 0.350. The number of esters is 1. The van der Waals surface area contributed by atoms with Crippen LogP contribution >= 0.6 is 0 Å². The number of nitrogens with one attached hydrogen (secondary N) is 1. The lowest BCUT2D eigenvalue weighted by molar-refractivity contribution is -0.143. The Labute approximate surface area is 154 Å². The molecule has 1 amide bonds. The number of amides is 1. The minimum absolute atomic E-state index is 0.145. The summed E-state index contributed by atoms with van der Waals surface area (Å²) in [6, 6.07) is 7.61. The number of piperidine rings is 1. The van der Waals surface area contributed by atoms with Crippen molar-refractivity contribution >= 4 is 33.7 Å². The maximum absolute atomic E-state index is 12.7. The second-order valence-corrected chi connectivity index (χ2v) is 7.43. The minimum Gasteiger partial charge on any atom is -0.461 e. The van der Waals surface area contributed by atoms with Crippen LogP contribution in [0.3, 0.4) is 0 Å². The van der Waals surface area contributed by atoms with Gasteiger partial charge in [-0.3, -0.25) is 9.69 Å². The zero-order chi connectivity index (χ0) is 18.3. The Kier molecular flexibility index (Phi) is 2.78. The average molecular weight is 363 g/mol. The van der Waals surface area contributed by atoms with Crippen molar-refractivity contribution in [3.63, 3.8) is 0 Å². The fourth-order valence-electron chi connectivity index (χ4n) is 5.26. The number of pyridine rings is 1. The highest BCUT2D eigenvalue weighted by molar-refractivity contribution is 6.09. The van der Waals surface area contributed by atoms with E-state index in [0.717, 1.165) is 33.1 Å². The standard InChI is InChI=1S/C20H17N3O4/c1-26-20(25)23-7-6-12-14-15(19(24)27-12)16-13-10(8-21-16)9-4-2-3-5-11(9)22-17(13)18(14)23/h2-5,8,12,14-15,18,21H,6-7H2,1H3/t12-,14+,15-,18+/m0/s1. The first-order chi connectivity index (χ1) is 13.2. The maximum Gasteiger partial charge on any atom is 0.410 e. The Hall–Kier alpha value is -3.09. The molecular weight excluding hydrogens is 346 g/mol. The van der Waals surface area contributed by atoms with E-state index < -0.39 is 12.0 Å². The van der Waals surface area contributed by atoms with Crippen molar-refractivity contribution in [1.82, 2.24) is 14.9 Å². The Morgan fingerprint density at radius 2 is 2.19 bits per heavy atom. The van der Waals surface area contributed by atoms with Gasteiger partial charge in [-0.15, -0.1) is 0 Å². The number of aromatic amines is 1. The zero-order valence-corrected chi connectivity index (χ0v) is 14.6. The number of para-hydroxylation sites is 1. The van der Waals surface area contributed by atoms with E-state index in [1.54, 1.807) is 4.90 Å². The molecule has 0 unspecified atom stereocenters. The van der Waals surface area contributed by atoms with Gasteiger partial charge < -0.3 is 14.5 Å². The number of hydrogen-bond donors (Lipinski definition) is 1. The molecule has 4 atom stereocenters. The van der Waals surface area contributed by atoms with Gasteiger partial charge in [0.25, 0.3) is 0 Å². The molecule has 3 aromatic rings. The Bertz CT molecular complexity index is 1140. The summed E-state index contributed by atoms with van der Waals surface area (Å²) in [6.45, 7) is 0.480. The van der Waals surface area contributed by atoms with Crippen molar-refractivity contribution < 1.29 is 19.1 Å². The molecule has 2 aliphatic heterocycles. The Morgan fingerprint density at radius 3 is 3.04 bits per heavy atom. The van der Waals surface area contributed by atoms with Crippen molar-refractivity contribution in [2.45, 2.75) is 24.5 Å². The van der Waals surface area contributed by atoms with Crippen molar-refractivity contribution in [1.29, 1.82) is 0 Å². The molecule has 0 saturated carbocycles. The third-order valence-corrected chi connectivity index (χ3v) is 6.29. The van der Waals surface area contributed by atoms with Gasteiger partial charge in [0.1, 0.15) is 12.0 Å². The molecule has 4 heterocycles. The number of fused-ring (bicyclic) bond motifs is 4. The molecule has 6 rings (SSSR count). The van der Waals surface area contributed by atoms with Crippen LogP contribution in [0.2, 0.25) is 0 Å². The van der Waals surface area contributed by atoms with Gasteiger partial charge in [0, 0.05) is 46.9 Å². The molecule has 27 heavy (non-hydrogen) atoms. The molecule has 0 bridgehead atoms. The molecule has 7 heteroatoms. The topological polar surface area (TPSA) is 84.5 Å². The van der Waals surface area contributed by atoms with Crippen LogP contribution in [0, 0.1) is 5.92 Å². The van der Waals surface area contributed by atoms with Crippen LogP contribution in [0.5, 0.6) is 0 Å².